The van der Waals surface area contributed by atoms with E-state index in [9.17, 15) is 24.3 Å². The van der Waals surface area contributed by atoms with Gasteiger partial charge in [0.05, 0.1) is 17.0 Å². The predicted octanol–water partition coefficient (Wildman–Crippen LogP) is 3.02. The van der Waals surface area contributed by atoms with Gasteiger partial charge in [-0.05, 0) is 49.1 Å². The summed E-state index contributed by atoms with van der Waals surface area (Å²) in [5.41, 5.74) is 2.87. The Kier molecular flexibility index (Phi) is 6.95. The van der Waals surface area contributed by atoms with Crippen LogP contribution in [0.3, 0.4) is 0 Å². The van der Waals surface area contributed by atoms with Crippen molar-refractivity contribution in [2.24, 2.45) is 5.92 Å². The van der Waals surface area contributed by atoms with Crippen molar-refractivity contribution < 1.29 is 24.3 Å². The SMILES string of the molecule is CN(Cc1cccc(N2CCC(C(=O)O)CC2)c1)C(=O)CCCN1C(=O)c2ccccc2C1=O. The van der Waals surface area contributed by atoms with E-state index in [1.165, 1.54) is 4.90 Å². The van der Waals surface area contributed by atoms with Crippen molar-refractivity contribution in [3.63, 3.8) is 0 Å². The molecule has 178 valence electrons. The highest BCUT2D eigenvalue weighted by atomic mass is 16.4. The minimum Gasteiger partial charge on any atom is -0.481 e. The van der Waals surface area contributed by atoms with Crippen LogP contribution in [0.15, 0.2) is 48.5 Å². The summed E-state index contributed by atoms with van der Waals surface area (Å²) in [5, 5.41) is 9.19. The van der Waals surface area contributed by atoms with Crippen LogP contribution in [0.5, 0.6) is 0 Å². The summed E-state index contributed by atoms with van der Waals surface area (Å²) in [6, 6.07) is 14.7. The van der Waals surface area contributed by atoms with E-state index in [0.29, 0.717) is 50.0 Å². The first kappa shape index (κ1) is 23.5. The number of carbonyl (C=O) groups is 4. The highest BCUT2D eigenvalue weighted by Crippen LogP contribution is 2.25. The molecule has 3 amide bonds. The van der Waals surface area contributed by atoms with Crippen molar-refractivity contribution in [1.82, 2.24) is 9.80 Å². The number of carboxylic acids is 1. The molecule has 2 aromatic rings. The summed E-state index contributed by atoms with van der Waals surface area (Å²) in [6.07, 6.45) is 1.91. The van der Waals surface area contributed by atoms with Gasteiger partial charge in [0.1, 0.15) is 0 Å². The molecule has 34 heavy (non-hydrogen) atoms. The molecule has 0 unspecified atom stereocenters. The smallest absolute Gasteiger partial charge is 0.306 e. The Labute approximate surface area is 198 Å². The van der Waals surface area contributed by atoms with Crippen molar-refractivity contribution >= 4 is 29.4 Å². The number of imide groups is 1. The third-order valence-corrected chi connectivity index (χ3v) is 6.62. The van der Waals surface area contributed by atoms with Gasteiger partial charge in [0.2, 0.25) is 5.91 Å². The van der Waals surface area contributed by atoms with Crippen molar-refractivity contribution in [3.8, 4) is 0 Å². The van der Waals surface area contributed by atoms with E-state index in [1.807, 2.05) is 24.3 Å². The number of nitrogens with zero attached hydrogens (tertiary/aromatic N) is 3. The van der Waals surface area contributed by atoms with E-state index in [1.54, 1.807) is 36.2 Å². The Morgan fingerprint density at radius 3 is 2.26 bits per heavy atom. The fourth-order valence-electron chi connectivity index (χ4n) is 4.62. The third kappa shape index (κ3) is 4.95. The summed E-state index contributed by atoms with van der Waals surface area (Å²) in [7, 11) is 1.75. The van der Waals surface area contributed by atoms with E-state index in [-0.39, 0.29) is 36.6 Å². The maximum atomic E-state index is 12.7. The summed E-state index contributed by atoms with van der Waals surface area (Å²) in [6.45, 7) is 2.07. The van der Waals surface area contributed by atoms with Crippen LogP contribution in [0.2, 0.25) is 0 Å². The van der Waals surface area contributed by atoms with Crippen LogP contribution in [-0.4, -0.2) is 65.3 Å². The first-order valence-corrected chi connectivity index (χ1v) is 11.6. The number of amides is 3. The summed E-state index contributed by atoms with van der Waals surface area (Å²) in [4.78, 5) is 53.8. The monoisotopic (exact) mass is 463 g/mol. The second kappa shape index (κ2) is 10.1. The Morgan fingerprint density at radius 2 is 1.65 bits per heavy atom. The molecule has 8 nitrogen and oxygen atoms in total. The molecule has 0 spiro atoms. The number of rotatable bonds is 8. The molecule has 0 bridgehead atoms. The molecule has 2 aliphatic rings. The van der Waals surface area contributed by atoms with Gasteiger partial charge in [0.25, 0.3) is 11.8 Å². The van der Waals surface area contributed by atoms with Gasteiger partial charge in [-0.25, -0.2) is 0 Å². The number of piperidine rings is 1. The van der Waals surface area contributed by atoms with Gasteiger partial charge < -0.3 is 14.9 Å². The van der Waals surface area contributed by atoms with Gasteiger partial charge in [0.15, 0.2) is 0 Å². The molecule has 1 saturated heterocycles. The van der Waals surface area contributed by atoms with E-state index in [2.05, 4.69) is 4.90 Å². The number of hydrogen-bond donors (Lipinski definition) is 1. The molecule has 0 aliphatic carbocycles. The summed E-state index contributed by atoms with van der Waals surface area (Å²) in [5.74, 6) is -1.65. The number of fused-ring (bicyclic) bond motifs is 1. The Morgan fingerprint density at radius 1 is 1.00 bits per heavy atom. The van der Waals surface area contributed by atoms with Crippen molar-refractivity contribution in [1.29, 1.82) is 0 Å². The van der Waals surface area contributed by atoms with Crippen LogP contribution < -0.4 is 4.90 Å². The number of carboxylic acid groups (broad SMARTS) is 1. The first-order valence-electron chi connectivity index (χ1n) is 11.6. The molecular weight excluding hydrogens is 434 g/mol. The summed E-state index contributed by atoms with van der Waals surface area (Å²) >= 11 is 0. The zero-order valence-corrected chi connectivity index (χ0v) is 19.3. The summed E-state index contributed by atoms with van der Waals surface area (Å²) < 4.78 is 0. The Bertz CT molecular complexity index is 1070. The molecule has 0 saturated carbocycles. The average molecular weight is 464 g/mol. The third-order valence-electron chi connectivity index (χ3n) is 6.62. The highest BCUT2D eigenvalue weighted by Gasteiger charge is 2.34. The fraction of sp³-hybridized carbons (Fsp3) is 0.385. The molecule has 1 N–H and O–H groups in total. The van der Waals surface area contributed by atoms with Gasteiger partial charge in [-0.3, -0.25) is 24.1 Å². The quantitative estimate of drug-likeness (QED) is 0.605. The topological polar surface area (TPSA) is 98.2 Å². The number of benzene rings is 2. The normalized spacial score (nSPS) is 16.0. The molecule has 4 rings (SSSR count). The van der Waals surface area contributed by atoms with E-state index >= 15 is 0 Å². The van der Waals surface area contributed by atoms with Crippen LogP contribution in [0, 0.1) is 5.92 Å². The molecule has 8 heteroatoms. The van der Waals surface area contributed by atoms with E-state index in [4.69, 9.17) is 0 Å². The number of carbonyl (C=O) groups excluding carboxylic acids is 3. The lowest BCUT2D eigenvalue weighted by molar-refractivity contribution is -0.142. The maximum Gasteiger partial charge on any atom is 0.306 e. The Balaban J connectivity index is 1.27. The lowest BCUT2D eigenvalue weighted by Crippen LogP contribution is -2.36. The molecule has 0 radical (unpaired) electrons. The average Bonchev–Trinajstić information content (AvgIpc) is 3.09. The molecular formula is C26H29N3O5. The number of hydrogen-bond acceptors (Lipinski definition) is 5. The number of aliphatic carboxylic acids is 1. The first-order chi connectivity index (χ1) is 16.3. The van der Waals surface area contributed by atoms with Gasteiger partial charge in [0, 0.05) is 45.3 Å². The minimum absolute atomic E-state index is 0.0516. The second-order valence-electron chi connectivity index (χ2n) is 8.93. The van der Waals surface area contributed by atoms with Crippen LogP contribution in [0.25, 0.3) is 0 Å². The standard InChI is InChI=1S/C26H29N3O5/c1-27(17-18-6-4-7-20(16-18)28-14-11-19(12-15-28)26(33)34)23(30)10-5-13-29-24(31)21-8-2-3-9-22(21)25(29)32/h2-4,6-9,16,19H,5,10-15,17H2,1H3,(H,33,34). The second-order valence-corrected chi connectivity index (χ2v) is 8.93. The van der Waals surface area contributed by atoms with Gasteiger partial charge >= 0.3 is 5.97 Å². The Hall–Kier alpha value is -3.68. The largest absolute Gasteiger partial charge is 0.481 e. The van der Waals surface area contributed by atoms with Crippen LogP contribution in [0.4, 0.5) is 5.69 Å². The van der Waals surface area contributed by atoms with Crippen LogP contribution in [-0.2, 0) is 16.1 Å². The predicted molar refractivity (Wildman–Crippen MR) is 127 cm³/mol. The van der Waals surface area contributed by atoms with Crippen molar-refractivity contribution in [3.05, 3.63) is 65.2 Å². The van der Waals surface area contributed by atoms with Gasteiger partial charge in [-0.1, -0.05) is 24.3 Å². The molecule has 2 heterocycles. The zero-order chi connectivity index (χ0) is 24.2. The van der Waals surface area contributed by atoms with E-state index < -0.39 is 5.97 Å². The van der Waals surface area contributed by atoms with E-state index in [0.717, 1.165) is 11.3 Å². The van der Waals surface area contributed by atoms with Crippen LogP contribution in [0.1, 0.15) is 52.0 Å². The maximum absolute atomic E-state index is 12.7. The molecule has 2 aromatic carbocycles. The molecule has 0 aromatic heterocycles. The molecule has 0 atom stereocenters. The minimum atomic E-state index is -0.725. The lowest BCUT2D eigenvalue weighted by Gasteiger charge is -2.32. The molecule has 2 aliphatic heterocycles. The van der Waals surface area contributed by atoms with Gasteiger partial charge in [-0.15, -0.1) is 0 Å². The highest BCUT2D eigenvalue weighted by molar-refractivity contribution is 6.21. The number of anilines is 1. The van der Waals surface area contributed by atoms with Crippen molar-refractivity contribution in [2.75, 3.05) is 31.6 Å². The zero-order valence-electron chi connectivity index (χ0n) is 19.3. The van der Waals surface area contributed by atoms with Crippen LogP contribution >= 0.6 is 0 Å². The van der Waals surface area contributed by atoms with Crippen molar-refractivity contribution in [2.45, 2.75) is 32.2 Å². The van der Waals surface area contributed by atoms with Gasteiger partial charge in [-0.2, -0.15) is 0 Å². The lowest BCUT2D eigenvalue weighted by atomic mass is 9.96. The fourth-order valence-corrected chi connectivity index (χ4v) is 4.62. The molecule has 1 fully saturated rings.